The van der Waals surface area contributed by atoms with Crippen LogP contribution in [0.3, 0.4) is 0 Å². The second-order valence-corrected chi connectivity index (χ2v) is 15.1. The first-order valence-electron chi connectivity index (χ1n) is 19.5. The summed E-state index contributed by atoms with van der Waals surface area (Å²) in [6.45, 7) is 8.85. The Morgan fingerprint density at radius 1 is 0.714 bits per heavy atom. The van der Waals surface area contributed by atoms with E-state index in [9.17, 15) is 4.79 Å². The van der Waals surface area contributed by atoms with E-state index in [0.29, 0.717) is 24.0 Å². The van der Waals surface area contributed by atoms with E-state index in [0.717, 1.165) is 98.7 Å². The molecule has 0 spiro atoms. The van der Waals surface area contributed by atoms with Gasteiger partial charge in [-0.3, -0.25) is 19.8 Å². The molecule has 0 aliphatic carbocycles. The molecule has 10 rings (SSSR count). The molecule has 14 nitrogen and oxygen atoms in total. The van der Waals surface area contributed by atoms with Gasteiger partial charge >= 0.3 is 11.8 Å². The summed E-state index contributed by atoms with van der Waals surface area (Å²) < 4.78 is 29.2. The highest BCUT2D eigenvalue weighted by Crippen LogP contribution is 2.35. The summed E-state index contributed by atoms with van der Waals surface area (Å²) in [6, 6.07) is 17.1. The van der Waals surface area contributed by atoms with Crippen LogP contribution in [0.25, 0.3) is 22.9 Å². The maximum atomic E-state index is 11.5. The normalized spacial score (nSPS) is 19.1. The van der Waals surface area contributed by atoms with Crippen molar-refractivity contribution in [2.45, 2.75) is 70.7 Å². The number of H-pyrrole nitrogens is 1. The lowest BCUT2D eigenvalue weighted by molar-refractivity contribution is 0.00226. The highest BCUT2D eigenvalue weighted by Gasteiger charge is 2.30. The molecule has 56 heavy (non-hydrogen) atoms. The predicted octanol–water partition coefficient (Wildman–Crippen LogP) is 5.47. The highest BCUT2D eigenvalue weighted by atomic mass is 16.7. The SMILES string of the molecule is C[C@H](c1cnc2c(c1)OC(Oc1nnc(-c3ccc4c(c3)CCN([C@@H](C)c3cnc5c(c3)OCC5)CC4)o1)C2)N1CCc2ccc(-c3n[nH]c(=O)o3)cc2CC1. The maximum Gasteiger partial charge on any atom is 0.434 e. The van der Waals surface area contributed by atoms with E-state index in [1.165, 1.54) is 27.8 Å². The average Bonchev–Trinajstić information content (AvgIpc) is 4.01. The smallest absolute Gasteiger partial charge is 0.434 e. The molecule has 1 unspecified atom stereocenters. The number of ether oxygens (including phenoxy) is 3. The Balaban J connectivity index is 0.755. The van der Waals surface area contributed by atoms with Gasteiger partial charge in [-0.2, -0.15) is 0 Å². The Bertz CT molecular complexity index is 2480. The Kier molecular flexibility index (Phi) is 8.86. The molecule has 4 aromatic heterocycles. The van der Waals surface area contributed by atoms with E-state index < -0.39 is 12.0 Å². The van der Waals surface area contributed by atoms with E-state index in [1.807, 2.05) is 24.5 Å². The van der Waals surface area contributed by atoms with Crippen LogP contribution in [0.4, 0.5) is 0 Å². The fraction of sp³-hybridized carbons (Fsp3) is 0.381. The van der Waals surface area contributed by atoms with Gasteiger partial charge in [0.05, 0.1) is 24.4 Å². The van der Waals surface area contributed by atoms with Crippen LogP contribution in [0.15, 0.2) is 74.6 Å². The summed E-state index contributed by atoms with van der Waals surface area (Å²) in [4.78, 5) is 25.9. The molecule has 4 aliphatic heterocycles. The second kappa shape index (κ2) is 14.3. The van der Waals surface area contributed by atoms with E-state index in [2.05, 4.69) is 85.4 Å². The fourth-order valence-corrected chi connectivity index (χ4v) is 8.45. The van der Waals surface area contributed by atoms with Crippen molar-refractivity contribution in [1.82, 2.24) is 40.2 Å². The van der Waals surface area contributed by atoms with Gasteiger partial charge in [0, 0.05) is 68.2 Å². The van der Waals surface area contributed by atoms with E-state index in [4.69, 9.17) is 28.0 Å². The molecule has 0 saturated heterocycles. The summed E-state index contributed by atoms with van der Waals surface area (Å²) in [5.41, 5.74) is 11.0. The number of rotatable bonds is 8. The van der Waals surface area contributed by atoms with Crippen molar-refractivity contribution in [3.63, 3.8) is 0 Å². The van der Waals surface area contributed by atoms with Gasteiger partial charge in [0.15, 0.2) is 0 Å². The molecular formula is C42H42N8O6. The van der Waals surface area contributed by atoms with Crippen LogP contribution in [0.1, 0.15) is 70.7 Å². The molecule has 3 atom stereocenters. The Hall–Kier alpha value is -5.86. The van der Waals surface area contributed by atoms with Gasteiger partial charge in [-0.05, 0) is 109 Å². The first kappa shape index (κ1) is 34.6. The molecule has 0 amide bonds. The van der Waals surface area contributed by atoms with Crippen LogP contribution < -0.4 is 20.0 Å². The minimum atomic E-state index is -0.621. The van der Waals surface area contributed by atoms with Crippen LogP contribution in [-0.2, 0) is 38.5 Å². The van der Waals surface area contributed by atoms with Gasteiger partial charge < -0.3 is 23.0 Å². The van der Waals surface area contributed by atoms with Crippen LogP contribution in [0, 0.1) is 0 Å². The van der Waals surface area contributed by atoms with Gasteiger partial charge in [-0.25, -0.2) is 9.89 Å². The lowest BCUT2D eigenvalue weighted by Crippen LogP contribution is -2.29. The van der Waals surface area contributed by atoms with Gasteiger partial charge in [0.2, 0.25) is 5.89 Å². The number of hydrogen-bond donors (Lipinski definition) is 1. The van der Waals surface area contributed by atoms with Crippen molar-refractivity contribution < 1.29 is 23.0 Å². The Labute approximate surface area is 322 Å². The topological polar surface area (TPSA) is 158 Å². The maximum absolute atomic E-state index is 11.5. The Morgan fingerprint density at radius 2 is 1.34 bits per heavy atom. The van der Waals surface area contributed by atoms with Crippen molar-refractivity contribution in [3.8, 4) is 40.5 Å². The van der Waals surface area contributed by atoms with Crippen LogP contribution in [0.2, 0.25) is 0 Å². The van der Waals surface area contributed by atoms with Gasteiger partial charge in [0.1, 0.15) is 11.5 Å². The molecule has 0 saturated carbocycles. The standard InChI is InChI=1S/C42H42N8O6/c1-24(32-19-36-34(43-22-32)11-16-52-36)49-12-7-27-4-6-31(18-29(27)10-14-49)40-46-48-42(56-40)54-38-21-35-37(53-38)20-33(23-44-35)25(2)50-13-8-26-3-5-30(17-28(26)9-15-50)39-45-47-41(51)55-39/h3-6,17-20,22-25,38H,7-16,21H2,1-2H3,(H,47,51)/t24-,25+,38?/m0/s1. The average molecular weight is 755 g/mol. The van der Waals surface area contributed by atoms with Crippen molar-refractivity contribution in [3.05, 3.63) is 116 Å². The minimum Gasteiger partial charge on any atom is -0.491 e. The lowest BCUT2D eigenvalue weighted by atomic mass is 10.00. The van der Waals surface area contributed by atoms with Crippen molar-refractivity contribution in [1.29, 1.82) is 0 Å². The van der Waals surface area contributed by atoms with Gasteiger partial charge in [-0.15, -0.1) is 10.2 Å². The van der Waals surface area contributed by atoms with Crippen molar-refractivity contribution in [2.24, 2.45) is 0 Å². The number of aromatic amines is 1. The molecular weight excluding hydrogens is 713 g/mol. The molecule has 14 heteroatoms. The second-order valence-electron chi connectivity index (χ2n) is 15.1. The summed E-state index contributed by atoms with van der Waals surface area (Å²) in [6.07, 6.45) is 8.41. The molecule has 6 aromatic rings. The molecule has 0 bridgehead atoms. The number of fused-ring (bicyclic) bond motifs is 4. The monoisotopic (exact) mass is 754 g/mol. The zero-order valence-electron chi connectivity index (χ0n) is 31.4. The zero-order chi connectivity index (χ0) is 37.8. The third-order valence-corrected chi connectivity index (χ3v) is 11.8. The lowest BCUT2D eigenvalue weighted by Gasteiger charge is -2.27. The number of benzene rings is 2. The molecule has 2 aromatic carbocycles. The number of pyridine rings is 2. The molecule has 1 N–H and O–H groups in total. The summed E-state index contributed by atoms with van der Waals surface area (Å²) >= 11 is 0. The third-order valence-electron chi connectivity index (χ3n) is 11.8. The molecule has 8 heterocycles. The van der Waals surface area contributed by atoms with E-state index >= 15 is 0 Å². The van der Waals surface area contributed by atoms with E-state index in [-0.39, 0.29) is 18.2 Å². The predicted molar refractivity (Wildman–Crippen MR) is 204 cm³/mol. The van der Waals surface area contributed by atoms with Crippen LogP contribution >= 0.6 is 0 Å². The largest absolute Gasteiger partial charge is 0.491 e. The number of hydrogen-bond acceptors (Lipinski definition) is 13. The summed E-state index contributed by atoms with van der Waals surface area (Å²) in [7, 11) is 0. The van der Waals surface area contributed by atoms with Crippen molar-refractivity contribution >= 4 is 0 Å². The van der Waals surface area contributed by atoms with Gasteiger partial charge in [0.25, 0.3) is 12.2 Å². The van der Waals surface area contributed by atoms with Crippen LogP contribution in [-0.4, -0.2) is 79.2 Å². The number of nitrogens with one attached hydrogen (secondary N) is 1. The van der Waals surface area contributed by atoms with Crippen LogP contribution in [0.5, 0.6) is 17.6 Å². The number of aromatic nitrogens is 6. The quantitative estimate of drug-likeness (QED) is 0.209. The molecule has 4 aliphatic rings. The molecule has 0 fully saturated rings. The molecule has 0 radical (unpaired) electrons. The minimum absolute atomic E-state index is 0.0648. The Morgan fingerprint density at radius 3 is 2.00 bits per heavy atom. The highest BCUT2D eigenvalue weighted by molar-refractivity contribution is 5.57. The van der Waals surface area contributed by atoms with Gasteiger partial charge in [-0.1, -0.05) is 17.2 Å². The first-order chi connectivity index (χ1) is 27.4. The van der Waals surface area contributed by atoms with Crippen molar-refractivity contribution in [2.75, 3.05) is 32.8 Å². The fourth-order valence-electron chi connectivity index (χ4n) is 8.45. The first-order valence-corrected chi connectivity index (χ1v) is 19.5. The third kappa shape index (κ3) is 6.72. The van der Waals surface area contributed by atoms with E-state index in [1.54, 1.807) is 0 Å². The molecule has 286 valence electrons. The zero-order valence-corrected chi connectivity index (χ0v) is 31.4. The summed E-state index contributed by atoms with van der Waals surface area (Å²) in [5, 5.41) is 14.9. The summed E-state index contributed by atoms with van der Waals surface area (Å²) in [5.74, 6) is 1.80. The number of nitrogens with zero attached hydrogens (tertiary/aromatic N) is 7.